The predicted molar refractivity (Wildman–Crippen MR) is 118 cm³/mol. The Morgan fingerprint density at radius 2 is 1.72 bits per heavy atom. The fraction of sp³-hybridized carbons (Fsp3) is 0.500. The van der Waals surface area contributed by atoms with Crippen LogP contribution in [0.2, 0.25) is 5.02 Å². The molecule has 160 valence electrons. The predicted octanol–water partition coefficient (Wildman–Crippen LogP) is 6.76. The van der Waals surface area contributed by atoms with E-state index in [0.717, 1.165) is 18.5 Å². The third-order valence-corrected chi connectivity index (χ3v) is 4.84. The summed E-state index contributed by atoms with van der Waals surface area (Å²) in [5.74, 6) is 0.842. The summed E-state index contributed by atoms with van der Waals surface area (Å²) < 4.78 is 25.6. The standard InChI is InChI=1S/C24H33ClFNO2/c1-7-28-22-13-17(14-27-24(5,6)16-23(2,3)4)11-12-21(22)29-15-18-19(25)9-8-10-20(18)26/h8-13,27H,7,14-16H2,1-6H3. The van der Waals surface area contributed by atoms with E-state index in [-0.39, 0.29) is 23.4 Å². The van der Waals surface area contributed by atoms with E-state index in [9.17, 15) is 4.39 Å². The lowest BCUT2D eigenvalue weighted by atomic mass is 9.82. The normalized spacial score (nSPS) is 12.1. The van der Waals surface area contributed by atoms with Crippen molar-refractivity contribution in [2.45, 2.75) is 66.7 Å². The molecular formula is C24H33ClFNO2. The van der Waals surface area contributed by atoms with Crippen LogP contribution in [0.15, 0.2) is 36.4 Å². The van der Waals surface area contributed by atoms with Crippen LogP contribution in [0.3, 0.4) is 0 Å². The first-order chi connectivity index (χ1) is 13.5. The number of benzene rings is 2. The Morgan fingerprint density at radius 1 is 1.00 bits per heavy atom. The molecule has 0 fully saturated rings. The highest BCUT2D eigenvalue weighted by atomic mass is 35.5. The van der Waals surface area contributed by atoms with E-state index in [0.29, 0.717) is 28.7 Å². The summed E-state index contributed by atoms with van der Waals surface area (Å²) in [5.41, 5.74) is 1.71. The lowest BCUT2D eigenvalue weighted by Crippen LogP contribution is -2.41. The fourth-order valence-corrected chi connectivity index (χ4v) is 3.82. The van der Waals surface area contributed by atoms with E-state index in [2.05, 4.69) is 39.9 Å². The van der Waals surface area contributed by atoms with Gasteiger partial charge in [-0.05, 0) is 62.4 Å². The maximum absolute atomic E-state index is 14.0. The average molecular weight is 422 g/mol. The van der Waals surface area contributed by atoms with Gasteiger partial charge in [-0.3, -0.25) is 0 Å². The van der Waals surface area contributed by atoms with Gasteiger partial charge in [0.2, 0.25) is 0 Å². The van der Waals surface area contributed by atoms with E-state index in [1.54, 1.807) is 12.1 Å². The highest BCUT2D eigenvalue weighted by Gasteiger charge is 2.24. The van der Waals surface area contributed by atoms with Gasteiger partial charge in [0.1, 0.15) is 12.4 Å². The fourth-order valence-electron chi connectivity index (χ4n) is 3.60. The zero-order valence-corrected chi connectivity index (χ0v) is 19.1. The first kappa shape index (κ1) is 23.5. The molecular weight excluding hydrogens is 389 g/mol. The smallest absolute Gasteiger partial charge is 0.161 e. The Bertz CT molecular complexity index is 795. The van der Waals surface area contributed by atoms with Crippen molar-refractivity contribution in [2.75, 3.05) is 6.61 Å². The van der Waals surface area contributed by atoms with Gasteiger partial charge in [0.15, 0.2) is 11.5 Å². The molecule has 0 unspecified atom stereocenters. The quantitative estimate of drug-likeness (QED) is 0.485. The zero-order chi connectivity index (χ0) is 21.7. The molecule has 0 spiro atoms. The molecule has 0 aliphatic rings. The van der Waals surface area contributed by atoms with E-state index in [1.807, 2.05) is 25.1 Å². The number of ether oxygens (including phenoxy) is 2. The van der Waals surface area contributed by atoms with Crippen LogP contribution in [0.4, 0.5) is 4.39 Å². The minimum absolute atomic E-state index is 0.0147. The number of nitrogens with one attached hydrogen (secondary N) is 1. The second kappa shape index (κ2) is 9.82. The Labute approximate surface area is 179 Å². The Balaban J connectivity index is 2.10. The topological polar surface area (TPSA) is 30.5 Å². The molecule has 29 heavy (non-hydrogen) atoms. The van der Waals surface area contributed by atoms with Gasteiger partial charge < -0.3 is 14.8 Å². The van der Waals surface area contributed by atoms with Crippen LogP contribution >= 0.6 is 11.6 Å². The number of rotatable bonds is 9. The first-order valence-electron chi connectivity index (χ1n) is 10.1. The summed E-state index contributed by atoms with van der Waals surface area (Å²) in [6.45, 7) is 14.4. The molecule has 3 nitrogen and oxygen atoms in total. The summed E-state index contributed by atoms with van der Waals surface area (Å²) in [7, 11) is 0. The maximum atomic E-state index is 14.0. The van der Waals surface area contributed by atoms with Gasteiger partial charge in [-0.25, -0.2) is 4.39 Å². The second-order valence-corrected chi connectivity index (χ2v) is 9.59. The maximum Gasteiger partial charge on any atom is 0.161 e. The molecule has 0 bridgehead atoms. The third kappa shape index (κ3) is 7.52. The molecule has 0 atom stereocenters. The monoisotopic (exact) mass is 421 g/mol. The van der Waals surface area contributed by atoms with Gasteiger partial charge in [-0.2, -0.15) is 0 Å². The molecule has 0 saturated heterocycles. The van der Waals surface area contributed by atoms with Crippen molar-refractivity contribution in [2.24, 2.45) is 5.41 Å². The van der Waals surface area contributed by atoms with Crippen molar-refractivity contribution in [3.63, 3.8) is 0 Å². The summed E-state index contributed by atoms with van der Waals surface area (Å²) in [5, 5.41) is 3.98. The van der Waals surface area contributed by atoms with E-state index in [1.165, 1.54) is 6.07 Å². The highest BCUT2D eigenvalue weighted by molar-refractivity contribution is 6.31. The van der Waals surface area contributed by atoms with Crippen LogP contribution in [0.5, 0.6) is 11.5 Å². The van der Waals surface area contributed by atoms with Crippen LogP contribution in [0, 0.1) is 11.2 Å². The van der Waals surface area contributed by atoms with Crippen LogP contribution in [0.1, 0.15) is 59.1 Å². The Morgan fingerprint density at radius 3 is 2.34 bits per heavy atom. The van der Waals surface area contributed by atoms with Crippen LogP contribution in [0.25, 0.3) is 0 Å². The molecule has 2 aromatic carbocycles. The average Bonchev–Trinajstić information content (AvgIpc) is 2.59. The van der Waals surface area contributed by atoms with Crippen LogP contribution in [-0.4, -0.2) is 12.1 Å². The lowest BCUT2D eigenvalue weighted by molar-refractivity contribution is 0.240. The molecule has 5 heteroatoms. The molecule has 0 radical (unpaired) electrons. The minimum Gasteiger partial charge on any atom is -0.490 e. The van der Waals surface area contributed by atoms with Gasteiger partial charge >= 0.3 is 0 Å². The van der Waals surface area contributed by atoms with Crippen molar-refractivity contribution >= 4 is 11.6 Å². The third-order valence-electron chi connectivity index (χ3n) is 4.48. The van der Waals surface area contributed by atoms with Gasteiger partial charge in [0, 0.05) is 17.6 Å². The van der Waals surface area contributed by atoms with Crippen LogP contribution in [-0.2, 0) is 13.2 Å². The molecule has 0 aliphatic heterocycles. The minimum atomic E-state index is -0.377. The molecule has 0 amide bonds. The molecule has 0 aromatic heterocycles. The van der Waals surface area contributed by atoms with Gasteiger partial charge in [-0.15, -0.1) is 0 Å². The summed E-state index contributed by atoms with van der Waals surface area (Å²) >= 11 is 6.09. The van der Waals surface area contributed by atoms with Gasteiger partial charge in [-0.1, -0.05) is 44.5 Å². The van der Waals surface area contributed by atoms with Gasteiger partial charge in [0.25, 0.3) is 0 Å². The van der Waals surface area contributed by atoms with E-state index >= 15 is 0 Å². The Hall–Kier alpha value is -1.78. The SMILES string of the molecule is CCOc1cc(CNC(C)(C)CC(C)(C)C)ccc1OCc1c(F)cccc1Cl. The number of hydrogen-bond donors (Lipinski definition) is 1. The van der Waals surface area contributed by atoms with Crippen molar-refractivity contribution in [1.29, 1.82) is 0 Å². The molecule has 0 heterocycles. The van der Waals surface area contributed by atoms with Crippen molar-refractivity contribution in [3.8, 4) is 11.5 Å². The second-order valence-electron chi connectivity index (χ2n) is 9.18. The number of halogens is 2. The Kier molecular flexibility index (Phi) is 7.95. The van der Waals surface area contributed by atoms with Crippen molar-refractivity contribution in [3.05, 3.63) is 58.4 Å². The molecule has 2 rings (SSSR count). The summed E-state index contributed by atoms with van der Waals surface area (Å²) in [6.07, 6.45) is 1.06. The molecule has 1 N–H and O–H groups in total. The molecule has 0 saturated carbocycles. The van der Waals surface area contributed by atoms with Gasteiger partial charge in [0.05, 0.1) is 11.6 Å². The summed E-state index contributed by atoms with van der Waals surface area (Å²) in [4.78, 5) is 0. The molecule has 2 aromatic rings. The van der Waals surface area contributed by atoms with Crippen LogP contribution < -0.4 is 14.8 Å². The first-order valence-corrected chi connectivity index (χ1v) is 10.4. The van der Waals surface area contributed by atoms with Crippen molar-refractivity contribution in [1.82, 2.24) is 5.32 Å². The molecule has 0 aliphatic carbocycles. The van der Waals surface area contributed by atoms with E-state index < -0.39 is 0 Å². The summed E-state index contributed by atoms with van der Waals surface area (Å²) in [6, 6.07) is 10.5. The van der Waals surface area contributed by atoms with E-state index in [4.69, 9.17) is 21.1 Å². The largest absolute Gasteiger partial charge is 0.490 e. The lowest BCUT2D eigenvalue weighted by Gasteiger charge is -2.33. The number of hydrogen-bond acceptors (Lipinski definition) is 3. The zero-order valence-electron chi connectivity index (χ0n) is 18.4. The van der Waals surface area contributed by atoms with Crippen molar-refractivity contribution < 1.29 is 13.9 Å². The highest BCUT2D eigenvalue weighted by Crippen LogP contribution is 2.31.